The summed E-state index contributed by atoms with van der Waals surface area (Å²) in [5, 5.41) is 12.3. The van der Waals surface area contributed by atoms with Crippen LogP contribution in [-0.4, -0.2) is 58.4 Å². The first-order valence-corrected chi connectivity index (χ1v) is 15.4. The van der Waals surface area contributed by atoms with E-state index in [1.165, 1.54) is 11.0 Å². The van der Waals surface area contributed by atoms with Gasteiger partial charge in [0.2, 0.25) is 5.91 Å². The lowest BCUT2D eigenvalue weighted by atomic mass is 9.77. The average Bonchev–Trinajstić information content (AvgIpc) is 3.75. The van der Waals surface area contributed by atoms with Crippen LogP contribution in [0.15, 0.2) is 60.8 Å². The van der Waals surface area contributed by atoms with Crippen LogP contribution < -0.4 is 5.73 Å². The van der Waals surface area contributed by atoms with Gasteiger partial charge < -0.3 is 25.4 Å². The molecule has 2 unspecified atom stereocenters. The van der Waals surface area contributed by atoms with Crippen molar-refractivity contribution in [2.45, 2.75) is 57.9 Å². The minimum absolute atomic E-state index is 0.00600. The molecule has 3 N–H and O–H groups in total. The number of ether oxygens (including phenoxy) is 1. The van der Waals surface area contributed by atoms with Crippen molar-refractivity contribution in [1.29, 1.82) is 0 Å². The van der Waals surface area contributed by atoms with Gasteiger partial charge in [0.15, 0.2) is 6.23 Å². The Morgan fingerprint density at radius 1 is 1.18 bits per heavy atom. The molecule has 2 atom stereocenters. The number of nitrogens with zero attached hydrogens (tertiary/aromatic N) is 3. The fraction of sp³-hybridized carbons (Fsp3) is 0.441. The summed E-state index contributed by atoms with van der Waals surface area (Å²) in [4.78, 5) is 33.7. The number of hydrogen-bond donors (Lipinski definition) is 2. The average molecular weight is 623 g/mol. The number of carbonyl (C=O) groups is 2. The zero-order valence-corrected chi connectivity index (χ0v) is 26.2. The number of carbonyl (C=O) groups excluding carboxylic acids is 2. The normalized spacial score (nSPS) is 20.8. The topological polar surface area (TPSA) is 109 Å². The molecule has 3 aromatic rings. The van der Waals surface area contributed by atoms with Crippen LogP contribution in [0.3, 0.4) is 0 Å². The van der Waals surface area contributed by atoms with Crippen molar-refractivity contribution >= 4 is 23.4 Å². The van der Waals surface area contributed by atoms with E-state index in [1.807, 2.05) is 56.4 Å². The van der Waals surface area contributed by atoms with Crippen molar-refractivity contribution in [3.8, 4) is 0 Å². The molecule has 6 rings (SSSR count). The number of amides is 2. The van der Waals surface area contributed by atoms with Gasteiger partial charge in [-0.25, -0.2) is 4.39 Å². The van der Waals surface area contributed by atoms with Gasteiger partial charge in [0.05, 0.1) is 35.4 Å². The molecule has 2 fully saturated rings. The summed E-state index contributed by atoms with van der Waals surface area (Å²) in [6.07, 6.45) is 3.46. The van der Waals surface area contributed by atoms with Crippen LogP contribution in [0.1, 0.15) is 71.6 Å². The minimum atomic E-state index is -1.29. The van der Waals surface area contributed by atoms with Gasteiger partial charge in [-0.05, 0) is 107 Å². The molecule has 0 bridgehead atoms. The zero-order valence-electron chi connectivity index (χ0n) is 25.4. The highest BCUT2D eigenvalue weighted by molar-refractivity contribution is 6.30. The molecule has 2 aromatic carbocycles. The third-order valence-corrected chi connectivity index (χ3v) is 9.43. The molecule has 0 radical (unpaired) electrons. The maximum absolute atomic E-state index is 15.8. The largest absolute Gasteiger partial charge is 0.385 e. The van der Waals surface area contributed by atoms with E-state index in [9.17, 15) is 14.7 Å². The van der Waals surface area contributed by atoms with Crippen molar-refractivity contribution in [3.63, 3.8) is 0 Å². The first-order valence-electron chi connectivity index (χ1n) is 15.0. The number of rotatable bonds is 8. The summed E-state index contributed by atoms with van der Waals surface area (Å²) in [6.45, 7) is 5.44. The number of hydrogen-bond acceptors (Lipinski definition) is 6. The van der Waals surface area contributed by atoms with Crippen molar-refractivity contribution in [3.05, 3.63) is 99.6 Å². The number of benzene rings is 2. The number of fused-ring (bicyclic) bond motifs is 1. The van der Waals surface area contributed by atoms with Crippen LogP contribution in [-0.2, 0) is 21.7 Å². The van der Waals surface area contributed by atoms with E-state index in [1.54, 1.807) is 19.2 Å². The second-order valence-electron chi connectivity index (χ2n) is 12.5. The Kier molecular flexibility index (Phi) is 9.41. The molecule has 1 saturated carbocycles. The van der Waals surface area contributed by atoms with Gasteiger partial charge in [-0.2, -0.15) is 0 Å². The fourth-order valence-electron chi connectivity index (χ4n) is 5.92. The third kappa shape index (κ3) is 6.81. The minimum Gasteiger partial charge on any atom is -0.385 e. The van der Waals surface area contributed by atoms with Crippen LogP contribution in [0, 0.1) is 24.1 Å². The smallest absolute Gasteiger partial charge is 0.257 e. The van der Waals surface area contributed by atoms with E-state index in [2.05, 4.69) is 9.88 Å². The van der Waals surface area contributed by atoms with Gasteiger partial charge in [0, 0.05) is 16.8 Å². The van der Waals surface area contributed by atoms with Crippen LogP contribution >= 0.6 is 11.6 Å². The predicted octanol–water partition coefficient (Wildman–Crippen LogP) is 5.36. The second-order valence-corrected chi connectivity index (χ2v) is 12.9. The van der Waals surface area contributed by atoms with Crippen molar-refractivity contribution < 1.29 is 23.8 Å². The van der Waals surface area contributed by atoms with E-state index < -0.39 is 34.9 Å². The molecule has 1 saturated heterocycles. The Morgan fingerprint density at radius 3 is 2.41 bits per heavy atom. The maximum atomic E-state index is 15.8. The highest BCUT2D eigenvalue weighted by atomic mass is 35.5. The summed E-state index contributed by atoms with van der Waals surface area (Å²) in [7, 11) is 2.04. The first kappa shape index (κ1) is 32.0. The SMILES string of the molecule is Cc1ccc(CN2C(=O)c3cc(C(C)(O)C4CCN(C)CC4)cc(F)c3C2OCC2(C(N)=O)CC2)nc1.Clc1ccccc1. The van der Waals surface area contributed by atoms with Gasteiger partial charge in [0.1, 0.15) is 5.82 Å². The van der Waals surface area contributed by atoms with Crippen LogP contribution in [0.25, 0.3) is 0 Å². The van der Waals surface area contributed by atoms with Crippen LogP contribution in [0.2, 0.25) is 5.02 Å². The Hall–Kier alpha value is -3.37. The highest BCUT2D eigenvalue weighted by Gasteiger charge is 2.51. The zero-order chi connectivity index (χ0) is 31.6. The number of piperidine rings is 1. The number of pyridine rings is 1. The van der Waals surface area contributed by atoms with Gasteiger partial charge in [0.25, 0.3) is 5.91 Å². The van der Waals surface area contributed by atoms with Gasteiger partial charge in [-0.1, -0.05) is 35.9 Å². The fourth-order valence-corrected chi connectivity index (χ4v) is 6.07. The summed E-state index contributed by atoms with van der Waals surface area (Å²) >= 11 is 5.54. The van der Waals surface area contributed by atoms with Crippen molar-refractivity contribution in [2.24, 2.45) is 17.1 Å². The maximum Gasteiger partial charge on any atom is 0.257 e. The quantitative estimate of drug-likeness (QED) is 0.350. The van der Waals surface area contributed by atoms with Gasteiger partial charge >= 0.3 is 0 Å². The number of aryl methyl sites for hydroxylation is 1. The molecular weight excluding hydrogens is 583 g/mol. The second kappa shape index (κ2) is 12.9. The van der Waals surface area contributed by atoms with Gasteiger partial charge in [-0.15, -0.1) is 0 Å². The van der Waals surface area contributed by atoms with Crippen LogP contribution in [0.4, 0.5) is 4.39 Å². The Morgan fingerprint density at radius 2 is 1.86 bits per heavy atom. The lowest BCUT2D eigenvalue weighted by molar-refractivity contribution is -0.129. The summed E-state index contributed by atoms with van der Waals surface area (Å²) in [5.41, 5.74) is 5.82. The molecular formula is C34H40ClFN4O4. The van der Waals surface area contributed by atoms with Crippen molar-refractivity contribution in [1.82, 2.24) is 14.8 Å². The Balaban J connectivity index is 0.000000484. The van der Waals surface area contributed by atoms with Gasteiger partial charge in [-0.3, -0.25) is 14.6 Å². The summed E-state index contributed by atoms with van der Waals surface area (Å²) in [5.74, 6) is -1.51. The standard InChI is InChI=1S/C28H35FN4O4.C6H5Cl/c1-17-4-5-20(31-14-17)15-33-24(34)21-12-19(27(2,36)18-6-10-32(3)11-7-18)13-22(29)23(21)25(33)37-16-28(8-9-28)26(30)35;7-6-4-2-1-3-5-6/h4-5,12-14,18,25,36H,6-11,15-16H2,1-3H3,(H2,30,35);1-5H. The van der Waals surface area contributed by atoms with Crippen molar-refractivity contribution in [2.75, 3.05) is 26.7 Å². The number of halogens is 2. The molecule has 10 heteroatoms. The molecule has 0 spiro atoms. The van der Waals surface area contributed by atoms with E-state index in [0.29, 0.717) is 24.1 Å². The third-order valence-electron chi connectivity index (χ3n) is 9.18. The Labute approximate surface area is 263 Å². The molecule has 1 aromatic heterocycles. The van der Waals surface area contributed by atoms with Crippen LogP contribution in [0.5, 0.6) is 0 Å². The number of primary amides is 1. The number of aliphatic hydroxyl groups is 1. The van der Waals surface area contributed by atoms with E-state index in [0.717, 1.165) is 36.5 Å². The molecule has 2 amide bonds. The molecule has 2 aliphatic heterocycles. The predicted molar refractivity (Wildman–Crippen MR) is 166 cm³/mol. The molecule has 8 nitrogen and oxygen atoms in total. The number of nitrogens with two attached hydrogens (primary N) is 1. The Bertz CT molecular complexity index is 1490. The molecule has 234 valence electrons. The molecule has 44 heavy (non-hydrogen) atoms. The summed E-state index contributed by atoms with van der Waals surface area (Å²) < 4.78 is 21.9. The monoisotopic (exact) mass is 622 g/mol. The van der Waals surface area contributed by atoms with E-state index in [4.69, 9.17) is 22.1 Å². The number of aromatic nitrogens is 1. The molecule has 3 heterocycles. The lowest BCUT2D eigenvalue weighted by Crippen LogP contribution is -2.40. The first-order chi connectivity index (χ1) is 20.9. The van der Waals surface area contributed by atoms with E-state index >= 15 is 4.39 Å². The highest BCUT2D eigenvalue weighted by Crippen LogP contribution is 2.48. The molecule has 3 aliphatic rings. The number of likely N-dealkylation sites (tertiary alicyclic amines) is 1. The molecule has 1 aliphatic carbocycles. The summed E-state index contributed by atoms with van der Waals surface area (Å²) in [6, 6.07) is 16.1. The van der Waals surface area contributed by atoms with E-state index in [-0.39, 0.29) is 30.2 Å². The lowest BCUT2D eigenvalue weighted by Gasteiger charge is -2.39.